The van der Waals surface area contributed by atoms with E-state index in [1.165, 1.54) is 22.6 Å². The molecule has 28 heavy (non-hydrogen) atoms. The normalized spacial score (nSPS) is 10.5. The molecule has 0 atom stereocenters. The molecular formula is C23H23FN2S2. The van der Waals surface area contributed by atoms with Gasteiger partial charge in [0, 0.05) is 22.9 Å². The second-order valence-electron chi connectivity index (χ2n) is 6.41. The van der Waals surface area contributed by atoms with Gasteiger partial charge in [0.15, 0.2) is 5.11 Å². The van der Waals surface area contributed by atoms with Gasteiger partial charge in [0.1, 0.15) is 5.82 Å². The van der Waals surface area contributed by atoms with Gasteiger partial charge in [-0.3, -0.25) is 0 Å². The molecule has 0 radical (unpaired) electrons. The maximum atomic E-state index is 12.9. The minimum Gasteiger partial charge on any atom is -0.362 e. The zero-order chi connectivity index (χ0) is 19.6. The summed E-state index contributed by atoms with van der Waals surface area (Å²) in [6, 6.07) is 25.4. The van der Waals surface area contributed by atoms with Gasteiger partial charge in [0.25, 0.3) is 0 Å². The van der Waals surface area contributed by atoms with Crippen LogP contribution in [0.5, 0.6) is 0 Å². The summed E-state index contributed by atoms with van der Waals surface area (Å²) in [6.45, 7) is 0.773. The van der Waals surface area contributed by atoms with Crippen molar-refractivity contribution in [1.29, 1.82) is 0 Å². The number of rotatable bonds is 8. The molecule has 3 rings (SSSR count). The van der Waals surface area contributed by atoms with E-state index in [-0.39, 0.29) is 5.82 Å². The molecule has 3 aromatic carbocycles. The molecule has 0 spiro atoms. The quantitative estimate of drug-likeness (QED) is 0.269. The van der Waals surface area contributed by atoms with E-state index in [0.717, 1.165) is 36.4 Å². The van der Waals surface area contributed by atoms with Gasteiger partial charge < -0.3 is 10.6 Å². The van der Waals surface area contributed by atoms with Crippen molar-refractivity contribution < 1.29 is 4.39 Å². The number of hydrogen-bond donors (Lipinski definition) is 2. The summed E-state index contributed by atoms with van der Waals surface area (Å²) in [4.78, 5) is 1.27. The first-order chi connectivity index (χ1) is 13.7. The predicted molar refractivity (Wildman–Crippen MR) is 121 cm³/mol. The largest absolute Gasteiger partial charge is 0.362 e. The summed E-state index contributed by atoms with van der Waals surface area (Å²) in [7, 11) is 0. The molecule has 0 unspecified atom stereocenters. The van der Waals surface area contributed by atoms with Crippen LogP contribution in [0.2, 0.25) is 0 Å². The Bertz CT molecular complexity index is 865. The van der Waals surface area contributed by atoms with E-state index in [2.05, 4.69) is 47.0 Å². The lowest BCUT2D eigenvalue weighted by atomic mass is 10.1. The average Bonchev–Trinajstić information content (AvgIpc) is 2.73. The van der Waals surface area contributed by atoms with Crippen molar-refractivity contribution in [1.82, 2.24) is 5.32 Å². The van der Waals surface area contributed by atoms with Crippen molar-refractivity contribution >= 4 is 34.8 Å². The number of hydrogen-bond acceptors (Lipinski definition) is 2. The Hall–Kier alpha value is -2.37. The minimum absolute atomic E-state index is 0.197. The Labute approximate surface area is 175 Å². The van der Waals surface area contributed by atoms with Gasteiger partial charge in [-0.15, -0.1) is 11.8 Å². The first-order valence-corrected chi connectivity index (χ1v) is 10.6. The lowest BCUT2D eigenvalue weighted by Crippen LogP contribution is -2.29. The van der Waals surface area contributed by atoms with Crippen LogP contribution in [0.4, 0.5) is 10.1 Å². The topological polar surface area (TPSA) is 24.1 Å². The summed E-state index contributed by atoms with van der Waals surface area (Å²) in [5, 5.41) is 7.05. The number of nitrogens with one attached hydrogen (secondary N) is 2. The van der Waals surface area contributed by atoms with Gasteiger partial charge in [-0.1, -0.05) is 42.5 Å². The first kappa shape index (κ1) is 20.4. The average molecular weight is 411 g/mol. The fourth-order valence-corrected chi connectivity index (χ4v) is 3.78. The van der Waals surface area contributed by atoms with Crippen molar-refractivity contribution in [3.63, 3.8) is 0 Å². The van der Waals surface area contributed by atoms with Crippen LogP contribution in [-0.4, -0.2) is 11.7 Å². The fourth-order valence-electron chi connectivity index (χ4n) is 2.69. The van der Waals surface area contributed by atoms with Gasteiger partial charge >= 0.3 is 0 Å². The monoisotopic (exact) mass is 410 g/mol. The zero-order valence-corrected chi connectivity index (χ0v) is 17.2. The van der Waals surface area contributed by atoms with Gasteiger partial charge in [-0.2, -0.15) is 0 Å². The van der Waals surface area contributed by atoms with Crippen LogP contribution in [0.1, 0.15) is 17.5 Å². The smallest absolute Gasteiger partial charge is 0.170 e. The molecule has 144 valence electrons. The molecule has 0 saturated heterocycles. The molecule has 5 heteroatoms. The molecule has 0 aliphatic carbocycles. The van der Waals surface area contributed by atoms with Crippen LogP contribution in [-0.2, 0) is 12.2 Å². The lowest BCUT2D eigenvalue weighted by molar-refractivity contribution is 0.626. The molecule has 0 aliphatic heterocycles. The predicted octanol–water partition coefficient (Wildman–Crippen LogP) is 6.04. The van der Waals surface area contributed by atoms with E-state index in [4.69, 9.17) is 12.2 Å². The third-order valence-electron chi connectivity index (χ3n) is 4.20. The fraction of sp³-hybridized carbons (Fsp3) is 0.174. The van der Waals surface area contributed by atoms with E-state index in [9.17, 15) is 4.39 Å². The molecule has 0 bridgehead atoms. The molecule has 2 nitrogen and oxygen atoms in total. The van der Waals surface area contributed by atoms with E-state index in [1.807, 2.05) is 42.1 Å². The van der Waals surface area contributed by atoms with Crippen LogP contribution in [0.25, 0.3) is 0 Å². The van der Waals surface area contributed by atoms with Crippen molar-refractivity contribution in [2.45, 2.75) is 23.5 Å². The van der Waals surface area contributed by atoms with Crippen molar-refractivity contribution in [3.8, 4) is 0 Å². The van der Waals surface area contributed by atoms with Crippen LogP contribution in [0.3, 0.4) is 0 Å². The Morgan fingerprint density at radius 3 is 2.25 bits per heavy atom. The molecular weight excluding hydrogens is 387 g/mol. The van der Waals surface area contributed by atoms with E-state index in [0.29, 0.717) is 5.11 Å². The standard InChI is InChI=1S/C23H23FN2S2/c24-20-12-8-18(9-13-20)5-4-16-25-23(27)26-21-14-10-19(11-15-21)17-28-22-6-2-1-3-7-22/h1-3,6-15H,4-5,16-17H2,(H2,25,26,27). The van der Waals surface area contributed by atoms with Crippen LogP contribution < -0.4 is 10.6 Å². The number of benzene rings is 3. The number of thioether (sulfide) groups is 1. The number of thiocarbonyl (C=S) groups is 1. The first-order valence-electron chi connectivity index (χ1n) is 9.25. The molecule has 0 saturated carbocycles. The van der Waals surface area contributed by atoms with Crippen molar-refractivity contribution in [3.05, 3.63) is 95.8 Å². The van der Waals surface area contributed by atoms with Crippen molar-refractivity contribution in [2.24, 2.45) is 0 Å². The van der Waals surface area contributed by atoms with Gasteiger partial charge in [0.2, 0.25) is 0 Å². The van der Waals surface area contributed by atoms with Crippen LogP contribution in [0, 0.1) is 5.82 Å². The third-order valence-corrected chi connectivity index (χ3v) is 5.53. The highest BCUT2D eigenvalue weighted by Gasteiger charge is 2.00. The number of halogens is 1. The highest BCUT2D eigenvalue weighted by molar-refractivity contribution is 7.98. The third kappa shape index (κ3) is 6.98. The Kier molecular flexibility index (Phi) is 7.88. The zero-order valence-electron chi connectivity index (χ0n) is 15.5. The van der Waals surface area contributed by atoms with Gasteiger partial charge in [-0.25, -0.2) is 4.39 Å². The molecule has 0 amide bonds. The molecule has 0 aromatic heterocycles. The molecule has 3 aromatic rings. The molecule has 2 N–H and O–H groups in total. The summed E-state index contributed by atoms with van der Waals surface area (Å²) in [5.41, 5.74) is 3.38. The van der Waals surface area contributed by atoms with E-state index < -0.39 is 0 Å². The van der Waals surface area contributed by atoms with E-state index >= 15 is 0 Å². The minimum atomic E-state index is -0.197. The van der Waals surface area contributed by atoms with Gasteiger partial charge in [-0.05, 0) is 72.6 Å². The molecule has 0 fully saturated rings. The molecule has 0 heterocycles. The van der Waals surface area contributed by atoms with Crippen molar-refractivity contribution in [2.75, 3.05) is 11.9 Å². The number of anilines is 1. The Balaban J connectivity index is 1.36. The lowest BCUT2D eigenvalue weighted by Gasteiger charge is -2.11. The SMILES string of the molecule is Fc1ccc(CCCNC(=S)Nc2ccc(CSc3ccccc3)cc2)cc1. The Morgan fingerprint density at radius 1 is 0.857 bits per heavy atom. The summed E-state index contributed by atoms with van der Waals surface area (Å²) >= 11 is 7.18. The molecule has 0 aliphatic rings. The maximum Gasteiger partial charge on any atom is 0.170 e. The van der Waals surface area contributed by atoms with Gasteiger partial charge in [0.05, 0.1) is 0 Å². The van der Waals surface area contributed by atoms with Crippen LogP contribution >= 0.6 is 24.0 Å². The highest BCUT2D eigenvalue weighted by atomic mass is 32.2. The number of aryl methyl sites for hydroxylation is 1. The highest BCUT2D eigenvalue weighted by Crippen LogP contribution is 2.23. The summed E-state index contributed by atoms with van der Waals surface area (Å²) < 4.78 is 12.9. The van der Waals surface area contributed by atoms with E-state index in [1.54, 1.807) is 0 Å². The summed E-state index contributed by atoms with van der Waals surface area (Å²) in [6.07, 6.45) is 1.83. The summed E-state index contributed by atoms with van der Waals surface area (Å²) in [5.74, 6) is 0.744. The second kappa shape index (κ2) is 10.8. The second-order valence-corrected chi connectivity index (χ2v) is 7.87. The maximum absolute atomic E-state index is 12.9. The van der Waals surface area contributed by atoms with Crippen LogP contribution in [0.15, 0.2) is 83.8 Å². The Morgan fingerprint density at radius 2 is 1.54 bits per heavy atom.